The molecule has 0 unspecified atom stereocenters. The number of piperidine rings is 1. The molecule has 1 aliphatic heterocycles. The van der Waals surface area contributed by atoms with Crippen LogP contribution in [0.3, 0.4) is 0 Å². The van der Waals surface area contributed by atoms with Crippen LogP contribution in [0.4, 0.5) is 0 Å². The van der Waals surface area contributed by atoms with Gasteiger partial charge in [-0.1, -0.05) is 6.92 Å². The standard InChI is InChI=1S/C20H28N4O/c1-14-7-11-24(12-8-14)10-4-9-21-20(25)17-5-6-18-19(13-17)23-16(3)15(2)22-18/h5-6,13-14H,4,7-12H2,1-3H3,(H,21,25). The molecule has 1 aromatic heterocycles. The van der Waals surface area contributed by atoms with E-state index in [1.165, 1.54) is 25.9 Å². The van der Waals surface area contributed by atoms with Crippen molar-refractivity contribution >= 4 is 16.9 Å². The van der Waals surface area contributed by atoms with Crippen LogP contribution in [0.5, 0.6) is 0 Å². The molecule has 5 heteroatoms. The first-order valence-corrected chi connectivity index (χ1v) is 9.28. The molecule has 2 aromatic rings. The first-order chi connectivity index (χ1) is 12.0. The van der Waals surface area contributed by atoms with E-state index in [9.17, 15) is 4.79 Å². The zero-order chi connectivity index (χ0) is 17.8. The van der Waals surface area contributed by atoms with Crippen LogP contribution in [0.2, 0.25) is 0 Å². The van der Waals surface area contributed by atoms with Gasteiger partial charge in [-0.3, -0.25) is 4.79 Å². The molecule has 0 bridgehead atoms. The molecule has 0 atom stereocenters. The molecule has 5 nitrogen and oxygen atoms in total. The van der Waals surface area contributed by atoms with Gasteiger partial charge in [-0.15, -0.1) is 0 Å². The lowest BCUT2D eigenvalue weighted by Crippen LogP contribution is -2.35. The minimum absolute atomic E-state index is 0.0332. The lowest BCUT2D eigenvalue weighted by molar-refractivity contribution is 0.0950. The highest BCUT2D eigenvalue weighted by molar-refractivity contribution is 5.97. The third-order valence-electron chi connectivity index (χ3n) is 5.15. The predicted octanol–water partition coefficient (Wildman–Crippen LogP) is 3.10. The highest BCUT2D eigenvalue weighted by Gasteiger charge is 2.15. The topological polar surface area (TPSA) is 58.1 Å². The van der Waals surface area contributed by atoms with E-state index >= 15 is 0 Å². The third-order valence-corrected chi connectivity index (χ3v) is 5.15. The van der Waals surface area contributed by atoms with Gasteiger partial charge in [0.2, 0.25) is 0 Å². The van der Waals surface area contributed by atoms with Gasteiger partial charge < -0.3 is 10.2 Å². The number of carbonyl (C=O) groups is 1. The molecule has 1 amide bonds. The summed E-state index contributed by atoms with van der Waals surface area (Å²) >= 11 is 0. The normalized spacial score (nSPS) is 16.3. The van der Waals surface area contributed by atoms with Gasteiger partial charge in [-0.25, -0.2) is 9.97 Å². The highest BCUT2D eigenvalue weighted by atomic mass is 16.1. The zero-order valence-electron chi connectivity index (χ0n) is 15.5. The summed E-state index contributed by atoms with van der Waals surface area (Å²) in [5.41, 5.74) is 4.09. The van der Waals surface area contributed by atoms with Crippen molar-refractivity contribution in [3.63, 3.8) is 0 Å². The van der Waals surface area contributed by atoms with Crippen molar-refractivity contribution in [2.24, 2.45) is 5.92 Å². The van der Waals surface area contributed by atoms with E-state index in [1.54, 1.807) is 0 Å². The average Bonchev–Trinajstić information content (AvgIpc) is 2.60. The van der Waals surface area contributed by atoms with E-state index in [1.807, 2.05) is 32.0 Å². The molecular weight excluding hydrogens is 312 g/mol. The van der Waals surface area contributed by atoms with Crippen molar-refractivity contribution in [1.82, 2.24) is 20.2 Å². The molecular formula is C20H28N4O. The molecule has 0 aliphatic carbocycles. The Kier molecular flexibility index (Phi) is 5.63. The van der Waals surface area contributed by atoms with Crippen LogP contribution in [0.1, 0.15) is 47.9 Å². The molecule has 134 valence electrons. The number of fused-ring (bicyclic) bond motifs is 1. The number of hydrogen-bond acceptors (Lipinski definition) is 4. The summed E-state index contributed by atoms with van der Waals surface area (Å²) in [6.07, 6.45) is 3.58. The van der Waals surface area contributed by atoms with Crippen LogP contribution < -0.4 is 5.32 Å². The summed E-state index contributed by atoms with van der Waals surface area (Å²) in [5.74, 6) is 0.827. The van der Waals surface area contributed by atoms with Crippen molar-refractivity contribution in [1.29, 1.82) is 0 Å². The average molecular weight is 340 g/mol. The van der Waals surface area contributed by atoms with E-state index < -0.39 is 0 Å². The Labute approximate surface area is 149 Å². The second-order valence-corrected chi connectivity index (χ2v) is 7.23. The molecule has 1 aromatic carbocycles. The van der Waals surface area contributed by atoms with Crippen LogP contribution in [0, 0.1) is 19.8 Å². The molecule has 0 radical (unpaired) electrons. The molecule has 0 saturated carbocycles. The minimum atomic E-state index is -0.0332. The van der Waals surface area contributed by atoms with E-state index in [2.05, 4.69) is 27.1 Å². The van der Waals surface area contributed by atoms with Crippen LogP contribution in [0.15, 0.2) is 18.2 Å². The molecule has 3 rings (SSSR count). The second kappa shape index (κ2) is 7.91. The van der Waals surface area contributed by atoms with Crippen molar-refractivity contribution in [3.8, 4) is 0 Å². The number of rotatable bonds is 5. The summed E-state index contributed by atoms with van der Waals surface area (Å²) in [6, 6.07) is 5.53. The Balaban J connectivity index is 1.51. The summed E-state index contributed by atoms with van der Waals surface area (Å²) < 4.78 is 0. The van der Waals surface area contributed by atoms with Crippen molar-refractivity contribution < 1.29 is 4.79 Å². The largest absolute Gasteiger partial charge is 0.352 e. The number of amides is 1. The fourth-order valence-electron chi connectivity index (χ4n) is 3.26. The number of aryl methyl sites for hydroxylation is 2. The van der Waals surface area contributed by atoms with Gasteiger partial charge in [-0.05, 0) is 76.9 Å². The SMILES string of the molecule is Cc1nc2ccc(C(=O)NCCCN3CCC(C)CC3)cc2nc1C. The lowest BCUT2D eigenvalue weighted by atomic mass is 9.99. The lowest BCUT2D eigenvalue weighted by Gasteiger charge is -2.30. The first kappa shape index (κ1) is 17.8. The third kappa shape index (κ3) is 4.54. The minimum Gasteiger partial charge on any atom is -0.352 e. The Bertz CT molecular complexity index is 751. The zero-order valence-corrected chi connectivity index (χ0v) is 15.5. The van der Waals surface area contributed by atoms with Gasteiger partial charge in [0.05, 0.1) is 22.4 Å². The molecule has 0 spiro atoms. The summed E-state index contributed by atoms with van der Waals surface area (Å²) in [7, 11) is 0. The number of likely N-dealkylation sites (tertiary alicyclic amines) is 1. The van der Waals surface area contributed by atoms with Gasteiger partial charge in [0.1, 0.15) is 0 Å². The number of nitrogens with zero attached hydrogens (tertiary/aromatic N) is 3. The summed E-state index contributed by atoms with van der Waals surface area (Å²) in [5, 5.41) is 3.02. The number of hydrogen-bond donors (Lipinski definition) is 1. The quantitative estimate of drug-likeness (QED) is 0.850. The number of aromatic nitrogens is 2. The first-order valence-electron chi connectivity index (χ1n) is 9.28. The van der Waals surface area contributed by atoms with Crippen molar-refractivity contribution in [2.75, 3.05) is 26.2 Å². The predicted molar refractivity (Wildman–Crippen MR) is 101 cm³/mol. The second-order valence-electron chi connectivity index (χ2n) is 7.23. The highest BCUT2D eigenvalue weighted by Crippen LogP contribution is 2.16. The van der Waals surface area contributed by atoms with Crippen LogP contribution in [-0.2, 0) is 0 Å². The maximum Gasteiger partial charge on any atom is 0.251 e. The smallest absolute Gasteiger partial charge is 0.251 e. The molecule has 1 fully saturated rings. The molecule has 25 heavy (non-hydrogen) atoms. The van der Waals surface area contributed by atoms with Gasteiger partial charge in [0, 0.05) is 12.1 Å². The van der Waals surface area contributed by atoms with E-state index in [0.717, 1.165) is 41.3 Å². The van der Waals surface area contributed by atoms with E-state index in [0.29, 0.717) is 12.1 Å². The fourth-order valence-corrected chi connectivity index (χ4v) is 3.26. The van der Waals surface area contributed by atoms with Crippen molar-refractivity contribution in [3.05, 3.63) is 35.2 Å². The Morgan fingerprint density at radius 1 is 1.16 bits per heavy atom. The number of nitrogens with one attached hydrogen (secondary N) is 1. The van der Waals surface area contributed by atoms with Crippen molar-refractivity contribution in [2.45, 2.75) is 40.0 Å². The van der Waals surface area contributed by atoms with Gasteiger partial charge in [-0.2, -0.15) is 0 Å². The molecule has 1 N–H and O–H groups in total. The Hall–Kier alpha value is -2.01. The van der Waals surface area contributed by atoms with Gasteiger partial charge in [0.25, 0.3) is 5.91 Å². The summed E-state index contributed by atoms with van der Waals surface area (Å²) in [6.45, 7) is 10.4. The maximum absolute atomic E-state index is 12.4. The molecule has 1 aliphatic rings. The molecule has 1 saturated heterocycles. The number of carbonyl (C=O) groups excluding carboxylic acids is 1. The van der Waals surface area contributed by atoms with Crippen LogP contribution in [-0.4, -0.2) is 47.0 Å². The number of benzene rings is 1. The van der Waals surface area contributed by atoms with E-state index in [4.69, 9.17) is 0 Å². The molecule has 2 heterocycles. The van der Waals surface area contributed by atoms with E-state index in [-0.39, 0.29) is 5.91 Å². The van der Waals surface area contributed by atoms with Crippen LogP contribution in [0.25, 0.3) is 11.0 Å². The monoisotopic (exact) mass is 340 g/mol. The Morgan fingerprint density at radius 3 is 2.56 bits per heavy atom. The maximum atomic E-state index is 12.4. The van der Waals surface area contributed by atoms with Gasteiger partial charge in [0.15, 0.2) is 0 Å². The Morgan fingerprint density at radius 2 is 1.84 bits per heavy atom. The fraction of sp³-hybridized carbons (Fsp3) is 0.550. The van der Waals surface area contributed by atoms with Crippen LogP contribution >= 0.6 is 0 Å². The van der Waals surface area contributed by atoms with Gasteiger partial charge >= 0.3 is 0 Å². The summed E-state index contributed by atoms with van der Waals surface area (Å²) in [4.78, 5) is 23.9.